The molecule has 0 spiro atoms. The molecule has 5 heteroatoms. The van der Waals surface area contributed by atoms with Gasteiger partial charge in [-0.05, 0) is 18.4 Å². The largest absolute Gasteiger partial charge is 0.426 e. The Bertz CT molecular complexity index is 700. The average molecular weight is 275 g/mol. The molecule has 0 fully saturated rings. The number of aryl methyl sites for hydroxylation is 1. The third-order valence-electron chi connectivity index (χ3n) is 3.50. The van der Waals surface area contributed by atoms with Crippen LogP contribution in [0.1, 0.15) is 28.5 Å². The molecule has 4 nitrogen and oxygen atoms in total. The SMILES string of the molecule is Cc1cc2c(c(=O)n1C)[C@H](c1cccs1)CC(=O)O2. The first-order valence-electron chi connectivity index (χ1n) is 6.02. The number of esters is 1. The summed E-state index contributed by atoms with van der Waals surface area (Å²) in [5.74, 6) is -0.0515. The van der Waals surface area contributed by atoms with Gasteiger partial charge in [0.15, 0.2) is 0 Å². The monoisotopic (exact) mass is 275 g/mol. The highest BCUT2D eigenvalue weighted by Gasteiger charge is 2.32. The lowest BCUT2D eigenvalue weighted by molar-refractivity contribution is -0.135. The van der Waals surface area contributed by atoms with E-state index in [0.29, 0.717) is 11.3 Å². The number of hydrogen-bond acceptors (Lipinski definition) is 4. The molecule has 0 aromatic carbocycles. The van der Waals surface area contributed by atoms with Crippen LogP contribution in [0.4, 0.5) is 0 Å². The zero-order valence-corrected chi connectivity index (χ0v) is 11.5. The van der Waals surface area contributed by atoms with Gasteiger partial charge in [0.05, 0.1) is 12.0 Å². The predicted octanol–water partition coefficient (Wildman–Crippen LogP) is 2.20. The fourth-order valence-electron chi connectivity index (χ4n) is 2.38. The topological polar surface area (TPSA) is 48.3 Å². The fraction of sp³-hybridized carbons (Fsp3) is 0.286. The van der Waals surface area contributed by atoms with Crippen molar-refractivity contribution >= 4 is 17.3 Å². The fourth-order valence-corrected chi connectivity index (χ4v) is 3.22. The third kappa shape index (κ3) is 1.90. The van der Waals surface area contributed by atoms with E-state index in [0.717, 1.165) is 10.6 Å². The summed E-state index contributed by atoms with van der Waals surface area (Å²) < 4.78 is 6.82. The molecule has 1 aliphatic rings. The first-order chi connectivity index (χ1) is 9.08. The molecule has 0 bridgehead atoms. The molecule has 0 amide bonds. The molecule has 0 radical (unpaired) electrons. The van der Waals surface area contributed by atoms with Gasteiger partial charge in [0.2, 0.25) is 0 Å². The van der Waals surface area contributed by atoms with E-state index >= 15 is 0 Å². The van der Waals surface area contributed by atoms with E-state index in [2.05, 4.69) is 0 Å². The summed E-state index contributed by atoms with van der Waals surface area (Å²) in [4.78, 5) is 25.2. The number of fused-ring (bicyclic) bond motifs is 1. The van der Waals surface area contributed by atoms with E-state index in [-0.39, 0.29) is 23.9 Å². The van der Waals surface area contributed by atoms with E-state index in [1.807, 2.05) is 24.4 Å². The third-order valence-corrected chi connectivity index (χ3v) is 4.49. The lowest BCUT2D eigenvalue weighted by Crippen LogP contribution is -2.31. The zero-order valence-electron chi connectivity index (χ0n) is 10.7. The molecule has 0 unspecified atom stereocenters. The molecule has 0 saturated heterocycles. The highest BCUT2D eigenvalue weighted by Crippen LogP contribution is 2.38. The summed E-state index contributed by atoms with van der Waals surface area (Å²) in [5.41, 5.74) is 1.29. The Balaban J connectivity index is 2.26. The quantitative estimate of drug-likeness (QED) is 0.750. The van der Waals surface area contributed by atoms with Crippen molar-refractivity contribution < 1.29 is 9.53 Å². The highest BCUT2D eigenvalue weighted by molar-refractivity contribution is 7.10. The van der Waals surface area contributed by atoms with Crippen LogP contribution in [0.15, 0.2) is 28.4 Å². The van der Waals surface area contributed by atoms with Crippen molar-refractivity contribution in [2.45, 2.75) is 19.3 Å². The molecule has 3 heterocycles. The number of ether oxygens (including phenoxy) is 1. The molecule has 0 N–H and O–H groups in total. The molecule has 1 aliphatic heterocycles. The minimum atomic E-state index is -0.279. The van der Waals surface area contributed by atoms with Gasteiger partial charge in [-0.1, -0.05) is 6.07 Å². The molecule has 98 valence electrons. The van der Waals surface area contributed by atoms with E-state index in [1.54, 1.807) is 29.0 Å². The molecule has 1 atom stereocenters. The van der Waals surface area contributed by atoms with Crippen LogP contribution in [-0.4, -0.2) is 10.5 Å². The smallest absolute Gasteiger partial charge is 0.312 e. The lowest BCUT2D eigenvalue weighted by Gasteiger charge is -2.24. The van der Waals surface area contributed by atoms with Crippen LogP contribution in [0.25, 0.3) is 0 Å². The number of carbonyl (C=O) groups excluding carboxylic acids is 1. The van der Waals surface area contributed by atoms with Crippen molar-refractivity contribution in [1.82, 2.24) is 4.57 Å². The van der Waals surface area contributed by atoms with Crippen molar-refractivity contribution in [1.29, 1.82) is 0 Å². The summed E-state index contributed by atoms with van der Waals surface area (Å²) >= 11 is 1.56. The van der Waals surface area contributed by atoms with Gasteiger partial charge in [0, 0.05) is 29.6 Å². The van der Waals surface area contributed by atoms with Crippen LogP contribution in [-0.2, 0) is 11.8 Å². The molecule has 3 rings (SSSR count). The summed E-state index contributed by atoms with van der Waals surface area (Å²) in [6.45, 7) is 1.82. The second-order valence-corrected chi connectivity index (χ2v) is 5.65. The Labute approximate surface area is 114 Å². The van der Waals surface area contributed by atoms with Crippen LogP contribution in [0.5, 0.6) is 5.75 Å². The van der Waals surface area contributed by atoms with Crippen LogP contribution < -0.4 is 10.3 Å². The summed E-state index contributed by atoms with van der Waals surface area (Å²) in [6.07, 6.45) is 0.228. The van der Waals surface area contributed by atoms with Crippen molar-refractivity contribution in [2.24, 2.45) is 7.05 Å². The van der Waals surface area contributed by atoms with Gasteiger partial charge in [-0.3, -0.25) is 9.59 Å². The van der Waals surface area contributed by atoms with Crippen molar-refractivity contribution in [3.63, 3.8) is 0 Å². The Kier molecular flexibility index (Phi) is 2.78. The number of hydrogen-bond donors (Lipinski definition) is 0. The van der Waals surface area contributed by atoms with E-state index in [9.17, 15) is 9.59 Å². The molecule has 2 aromatic heterocycles. The second-order valence-electron chi connectivity index (χ2n) is 4.67. The molecule has 0 aliphatic carbocycles. The standard InChI is InChI=1S/C14H13NO3S/c1-8-6-10-13(14(17)15(8)2)9(7-12(16)18-10)11-4-3-5-19-11/h3-6,9H,7H2,1-2H3/t9-/m0/s1. The number of rotatable bonds is 1. The van der Waals surface area contributed by atoms with Gasteiger partial charge in [-0.25, -0.2) is 0 Å². The Morgan fingerprint density at radius 2 is 2.21 bits per heavy atom. The molecule has 2 aromatic rings. The van der Waals surface area contributed by atoms with Crippen LogP contribution in [0.2, 0.25) is 0 Å². The summed E-state index contributed by atoms with van der Waals surface area (Å²) in [6, 6.07) is 5.64. The maximum Gasteiger partial charge on any atom is 0.312 e. The second kappa shape index (κ2) is 4.35. The van der Waals surface area contributed by atoms with Crippen LogP contribution in [0, 0.1) is 6.92 Å². The molecular formula is C14H13NO3S. The van der Waals surface area contributed by atoms with Gasteiger partial charge in [-0.15, -0.1) is 11.3 Å². The average Bonchev–Trinajstić information content (AvgIpc) is 2.88. The lowest BCUT2D eigenvalue weighted by atomic mass is 9.92. The molecular weight excluding hydrogens is 262 g/mol. The number of pyridine rings is 1. The van der Waals surface area contributed by atoms with Crippen molar-refractivity contribution in [2.75, 3.05) is 0 Å². The highest BCUT2D eigenvalue weighted by atomic mass is 32.1. The maximum atomic E-state index is 12.4. The Hall–Kier alpha value is -1.88. The van der Waals surface area contributed by atoms with E-state index < -0.39 is 0 Å². The molecule has 0 saturated carbocycles. The first-order valence-corrected chi connectivity index (χ1v) is 6.90. The van der Waals surface area contributed by atoms with Gasteiger partial charge in [0.1, 0.15) is 5.75 Å². The summed E-state index contributed by atoms with van der Waals surface area (Å²) in [5, 5.41) is 1.95. The van der Waals surface area contributed by atoms with Gasteiger partial charge in [-0.2, -0.15) is 0 Å². The van der Waals surface area contributed by atoms with Gasteiger partial charge < -0.3 is 9.30 Å². The number of nitrogens with zero attached hydrogens (tertiary/aromatic N) is 1. The predicted molar refractivity (Wildman–Crippen MR) is 72.8 cm³/mol. The Morgan fingerprint density at radius 3 is 2.89 bits per heavy atom. The zero-order chi connectivity index (χ0) is 13.6. The molecule has 19 heavy (non-hydrogen) atoms. The maximum absolute atomic E-state index is 12.4. The van der Waals surface area contributed by atoms with Crippen molar-refractivity contribution in [3.8, 4) is 5.75 Å². The number of aromatic nitrogens is 1. The first kappa shape index (κ1) is 12.2. The van der Waals surface area contributed by atoms with Gasteiger partial charge >= 0.3 is 5.97 Å². The summed E-state index contributed by atoms with van der Waals surface area (Å²) in [7, 11) is 1.74. The van der Waals surface area contributed by atoms with Gasteiger partial charge in [0.25, 0.3) is 5.56 Å². The van der Waals surface area contributed by atoms with E-state index in [4.69, 9.17) is 4.74 Å². The van der Waals surface area contributed by atoms with Crippen LogP contribution in [0.3, 0.4) is 0 Å². The minimum absolute atomic E-state index is 0.0825. The normalized spacial score (nSPS) is 18.0. The van der Waals surface area contributed by atoms with E-state index in [1.165, 1.54) is 0 Å². The van der Waals surface area contributed by atoms with Crippen LogP contribution >= 0.6 is 11.3 Å². The number of carbonyl (C=O) groups is 1. The minimum Gasteiger partial charge on any atom is -0.426 e. The Morgan fingerprint density at radius 1 is 1.42 bits per heavy atom. The van der Waals surface area contributed by atoms with Crippen molar-refractivity contribution in [3.05, 3.63) is 50.1 Å². The number of thiophene rings is 1.